The van der Waals surface area contributed by atoms with Crippen molar-refractivity contribution in [1.29, 1.82) is 5.41 Å². The summed E-state index contributed by atoms with van der Waals surface area (Å²) in [6.45, 7) is -0.405. The van der Waals surface area contributed by atoms with Crippen LogP contribution in [0.25, 0.3) is 0 Å². The molecule has 4 atom stereocenters. The summed E-state index contributed by atoms with van der Waals surface area (Å²) in [7, 11) is 0. The number of nitrogens with one attached hydrogen (secondary N) is 2. The monoisotopic (exact) mass is 341 g/mol. The van der Waals surface area contributed by atoms with Crippen molar-refractivity contribution in [2.45, 2.75) is 31.0 Å². The summed E-state index contributed by atoms with van der Waals surface area (Å²) < 4.78 is 7.21. The highest BCUT2D eigenvalue weighted by Gasteiger charge is 2.37. The highest BCUT2D eigenvalue weighted by molar-refractivity contribution is 6.00. The average molecular weight is 341 g/mol. The molecule has 3 rings (SSSR count). The number of anilines is 1. The first kappa shape index (κ1) is 16.6. The molecule has 3 heterocycles. The van der Waals surface area contributed by atoms with Crippen molar-refractivity contribution in [2.24, 2.45) is 0 Å². The maximum Gasteiger partial charge on any atom is 0.334 e. The van der Waals surface area contributed by atoms with Crippen molar-refractivity contribution in [3.05, 3.63) is 12.0 Å². The van der Waals surface area contributed by atoms with Gasteiger partial charge in [-0.1, -0.05) is 0 Å². The molecular formula is C13H19N5O6. The number of aliphatic hydroxyl groups excluding tert-OH is 3. The zero-order valence-electron chi connectivity index (χ0n) is 12.7. The van der Waals surface area contributed by atoms with Gasteiger partial charge in [0.1, 0.15) is 23.8 Å². The van der Waals surface area contributed by atoms with Crippen LogP contribution in [0.4, 0.5) is 5.82 Å². The van der Waals surface area contributed by atoms with E-state index in [9.17, 15) is 15.0 Å². The van der Waals surface area contributed by atoms with Gasteiger partial charge in [0.15, 0.2) is 11.9 Å². The number of aromatic nitrogens is 2. The summed E-state index contributed by atoms with van der Waals surface area (Å²) in [5.41, 5.74) is 0.296. The van der Waals surface area contributed by atoms with Crippen molar-refractivity contribution < 1.29 is 30.0 Å². The minimum atomic E-state index is -1.60. The number of carboxylic acids is 1. The molecule has 0 radical (unpaired) electrons. The Bertz CT molecular complexity index is 649. The van der Waals surface area contributed by atoms with E-state index < -0.39 is 30.5 Å². The molecule has 2 aliphatic rings. The van der Waals surface area contributed by atoms with Gasteiger partial charge in [-0.2, -0.15) is 0 Å². The lowest BCUT2D eigenvalue weighted by Gasteiger charge is -2.31. The van der Waals surface area contributed by atoms with Gasteiger partial charge in [-0.05, 0) is 0 Å². The molecule has 1 saturated heterocycles. The molecule has 2 aliphatic heterocycles. The lowest BCUT2D eigenvalue weighted by Crippen LogP contribution is -2.46. The van der Waals surface area contributed by atoms with Gasteiger partial charge < -0.3 is 35.4 Å². The minimum Gasteiger partial charge on any atom is -0.479 e. The highest BCUT2D eigenvalue weighted by atomic mass is 16.5. The third-order valence-electron chi connectivity index (χ3n) is 4.14. The van der Waals surface area contributed by atoms with E-state index in [-0.39, 0.29) is 32.1 Å². The van der Waals surface area contributed by atoms with E-state index in [1.165, 1.54) is 11.2 Å². The third kappa shape index (κ3) is 2.82. The van der Waals surface area contributed by atoms with E-state index in [0.717, 1.165) is 0 Å². The largest absolute Gasteiger partial charge is 0.479 e. The van der Waals surface area contributed by atoms with Crippen LogP contribution in [0.15, 0.2) is 6.33 Å². The van der Waals surface area contributed by atoms with E-state index in [4.69, 9.17) is 20.4 Å². The Kier molecular flexibility index (Phi) is 4.41. The first-order valence-electron chi connectivity index (χ1n) is 7.42. The number of β-amino-alcohol motifs (C(OH)–C–C–N with tert-alkyl or cyclic N) is 1. The van der Waals surface area contributed by atoms with Crippen LogP contribution in [-0.2, 0) is 9.53 Å². The maximum atomic E-state index is 10.7. The van der Waals surface area contributed by atoms with Crippen molar-refractivity contribution >= 4 is 17.6 Å². The zero-order valence-corrected chi connectivity index (χ0v) is 12.7. The second-order valence-corrected chi connectivity index (χ2v) is 5.72. The number of carbonyl (C=O) groups is 1. The number of nitrogens with zero attached hydrogens (tertiary/aromatic N) is 3. The van der Waals surface area contributed by atoms with Gasteiger partial charge in [0, 0.05) is 6.42 Å². The number of rotatable bonds is 5. The lowest BCUT2D eigenvalue weighted by molar-refractivity contribution is -0.147. The highest BCUT2D eigenvalue weighted by Crippen LogP contribution is 2.33. The van der Waals surface area contributed by atoms with Gasteiger partial charge in [-0.3, -0.25) is 9.98 Å². The number of fused-ring (bicyclic) bond motifs is 1. The fourth-order valence-corrected chi connectivity index (χ4v) is 2.82. The van der Waals surface area contributed by atoms with Crippen LogP contribution in [0, 0.1) is 5.41 Å². The number of amidine groups is 1. The number of ether oxygens (including phenoxy) is 1. The summed E-state index contributed by atoms with van der Waals surface area (Å²) in [5.74, 6) is -0.862. The predicted molar refractivity (Wildman–Crippen MR) is 79.5 cm³/mol. The van der Waals surface area contributed by atoms with Gasteiger partial charge in [-0.25, -0.2) is 9.78 Å². The molecule has 11 nitrogen and oxygen atoms in total. The first-order valence-corrected chi connectivity index (χ1v) is 7.42. The van der Waals surface area contributed by atoms with Crippen molar-refractivity contribution in [3.8, 4) is 0 Å². The van der Waals surface area contributed by atoms with Crippen LogP contribution in [0.2, 0.25) is 0 Å². The number of hydrogen-bond donors (Lipinski definition) is 6. The number of aliphatic hydroxyl groups is 3. The summed E-state index contributed by atoms with van der Waals surface area (Å²) in [6, 6.07) is 0. The molecule has 1 aromatic heterocycles. The topological polar surface area (TPSA) is 164 Å². The number of hydrogen-bond acceptors (Lipinski definition) is 8. The standard InChI is InChI=1S/C13H19N5O6/c14-11-10-12(16-4-17(11)2-7(21)13(22)23)18(5-15-10)9-1-6(20)8(3-19)24-9/h5-9,14,16,19-21H,1-4H2,(H,22,23)/t6-,7?,8+,9+/m0/s1. The number of imidazole rings is 1. The molecular weight excluding hydrogens is 322 g/mol. The summed E-state index contributed by atoms with van der Waals surface area (Å²) in [4.78, 5) is 16.2. The minimum absolute atomic E-state index is 0.0138. The Labute approximate surface area is 136 Å². The van der Waals surface area contributed by atoms with Crippen LogP contribution >= 0.6 is 0 Å². The SMILES string of the molecule is N=C1c2ncn([C@H]3C[C@H](O)[C@@H](CO)O3)c2NCN1CC(O)C(=O)O. The predicted octanol–water partition coefficient (Wildman–Crippen LogP) is -2.02. The van der Waals surface area contributed by atoms with E-state index >= 15 is 0 Å². The lowest BCUT2D eigenvalue weighted by atomic mass is 10.2. The Balaban J connectivity index is 1.76. The second kappa shape index (κ2) is 6.36. The summed E-state index contributed by atoms with van der Waals surface area (Å²) >= 11 is 0. The fraction of sp³-hybridized carbons (Fsp3) is 0.615. The van der Waals surface area contributed by atoms with Crippen LogP contribution in [0.3, 0.4) is 0 Å². The smallest absolute Gasteiger partial charge is 0.334 e. The quantitative estimate of drug-likeness (QED) is 0.354. The number of aliphatic carboxylic acids is 1. The fourth-order valence-electron chi connectivity index (χ4n) is 2.82. The molecule has 24 heavy (non-hydrogen) atoms. The molecule has 0 amide bonds. The third-order valence-corrected chi connectivity index (χ3v) is 4.14. The summed E-state index contributed by atoms with van der Waals surface area (Å²) in [5, 5.41) is 48.4. The average Bonchev–Trinajstić information content (AvgIpc) is 3.13. The molecule has 1 fully saturated rings. The van der Waals surface area contributed by atoms with E-state index in [1.54, 1.807) is 4.57 Å². The van der Waals surface area contributed by atoms with E-state index in [2.05, 4.69) is 10.3 Å². The molecule has 132 valence electrons. The van der Waals surface area contributed by atoms with E-state index in [1.807, 2.05) is 0 Å². The van der Waals surface area contributed by atoms with Crippen LogP contribution < -0.4 is 5.32 Å². The van der Waals surface area contributed by atoms with Crippen LogP contribution in [-0.4, -0.2) is 84.8 Å². The molecule has 0 saturated carbocycles. The first-order chi connectivity index (χ1) is 11.4. The van der Waals surface area contributed by atoms with Gasteiger partial charge in [0.2, 0.25) is 0 Å². The Hall–Kier alpha value is -2.21. The molecule has 1 aromatic rings. The van der Waals surface area contributed by atoms with Gasteiger partial charge in [0.25, 0.3) is 0 Å². The van der Waals surface area contributed by atoms with Crippen molar-refractivity contribution in [2.75, 3.05) is 25.1 Å². The van der Waals surface area contributed by atoms with Crippen molar-refractivity contribution in [1.82, 2.24) is 14.5 Å². The van der Waals surface area contributed by atoms with Crippen LogP contribution in [0.1, 0.15) is 18.3 Å². The molecule has 0 spiro atoms. The molecule has 0 aromatic carbocycles. The molecule has 0 bridgehead atoms. The maximum absolute atomic E-state index is 10.7. The Morgan fingerprint density at radius 2 is 2.33 bits per heavy atom. The van der Waals surface area contributed by atoms with Gasteiger partial charge >= 0.3 is 5.97 Å². The Morgan fingerprint density at radius 1 is 1.58 bits per heavy atom. The molecule has 6 N–H and O–H groups in total. The van der Waals surface area contributed by atoms with E-state index in [0.29, 0.717) is 11.5 Å². The molecule has 1 unspecified atom stereocenters. The normalized spacial score (nSPS) is 27.7. The van der Waals surface area contributed by atoms with Crippen molar-refractivity contribution in [3.63, 3.8) is 0 Å². The van der Waals surface area contributed by atoms with Gasteiger partial charge in [-0.15, -0.1) is 0 Å². The molecule has 11 heteroatoms. The van der Waals surface area contributed by atoms with Gasteiger partial charge in [0.05, 0.1) is 32.3 Å². The summed E-state index contributed by atoms with van der Waals surface area (Å²) in [6.07, 6.45) is -1.84. The molecule has 0 aliphatic carbocycles. The number of carboxylic acid groups (broad SMARTS) is 1. The Morgan fingerprint density at radius 3 is 2.96 bits per heavy atom. The zero-order chi connectivity index (χ0) is 17.4. The van der Waals surface area contributed by atoms with Crippen LogP contribution in [0.5, 0.6) is 0 Å². The second-order valence-electron chi connectivity index (χ2n) is 5.72.